The molecule has 6 heteroatoms. The smallest absolute Gasteiger partial charge is 0.140 e. The molecule has 0 amide bonds. The van der Waals surface area contributed by atoms with Gasteiger partial charge in [-0.3, -0.25) is 0 Å². The third-order valence-corrected chi connectivity index (χ3v) is 2.16. The number of nitrogens with zero attached hydrogens (tertiary/aromatic N) is 2. The molecule has 1 rings (SSSR count). The van der Waals surface area contributed by atoms with Gasteiger partial charge in [-0.15, -0.1) is 5.10 Å². The molecule has 11 heavy (non-hydrogen) atoms. The van der Waals surface area contributed by atoms with Crippen LogP contribution in [0.5, 0.6) is 0 Å². The Morgan fingerprint density at radius 3 is 2.91 bits per heavy atom. The van der Waals surface area contributed by atoms with E-state index >= 15 is 0 Å². The fraction of sp³-hybridized carbons (Fsp3) is 0.600. The molecule has 1 aromatic rings. The van der Waals surface area contributed by atoms with E-state index in [4.69, 9.17) is 17.3 Å². The lowest BCUT2D eigenvalue weighted by Gasteiger charge is -2.03. The molecule has 0 saturated carbocycles. The lowest BCUT2D eigenvalue weighted by molar-refractivity contribution is 0.165. The van der Waals surface area contributed by atoms with E-state index in [9.17, 15) is 5.11 Å². The highest BCUT2D eigenvalue weighted by atomic mass is 35.5. The average molecular weight is 194 g/mol. The summed E-state index contributed by atoms with van der Waals surface area (Å²) in [5, 5.41) is 13.0. The van der Waals surface area contributed by atoms with E-state index in [1.165, 1.54) is 0 Å². The maximum absolute atomic E-state index is 9.33. The second kappa shape index (κ2) is 3.96. The van der Waals surface area contributed by atoms with Crippen molar-refractivity contribution >= 4 is 23.1 Å². The van der Waals surface area contributed by atoms with Crippen molar-refractivity contribution < 1.29 is 5.11 Å². The Labute approximate surface area is 73.2 Å². The van der Waals surface area contributed by atoms with Crippen molar-refractivity contribution in [2.24, 2.45) is 5.73 Å². The fourth-order valence-corrected chi connectivity index (χ4v) is 1.41. The molecule has 1 atom stereocenters. The zero-order valence-corrected chi connectivity index (χ0v) is 7.27. The van der Waals surface area contributed by atoms with Crippen LogP contribution in [0.3, 0.4) is 0 Å². The van der Waals surface area contributed by atoms with Crippen molar-refractivity contribution in [3.8, 4) is 0 Å². The van der Waals surface area contributed by atoms with Crippen molar-refractivity contribution in [2.75, 3.05) is 6.54 Å². The SMILES string of the molecule is NCCC(O)c1nnsc1Cl. The summed E-state index contributed by atoms with van der Waals surface area (Å²) in [6.07, 6.45) is -0.211. The number of rotatable bonds is 3. The molecule has 0 spiro atoms. The minimum absolute atomic E-state index is 0.412. The summed E-state index contributed by atoms with van der Waals surface area (Å²) in [6.45, 7) is 0.412. The van der Waals surface area contributed by atoms with E-state index in [1.807, 2.05) is 0 Å². The van der Waals surface area contributed by atoms with Gasteiger partial charge < -0.3 is 10.8 Å². The number of aliphatic hydroxyl groups is 1. The standard InChI is InChI=1S/C5H8ClN3OS/c6-5-4(8-9-11-5)3(10)1-2-7/h3,10H,1-2,7H2. The van der Waals surface area contributed by atoms with Gasteiger partial charge in [0.1, 0.15) is 16.1 Å². The monoisotopic (exact) mass is 193 g/mol. The van der Waals surface area contributed by atoms with Gasteiger partial charge >= 0.3 is 0 Å². The van der Waals surface area contributed by atoms with Gasteiger partial charge in [0, 0.05) is 11.5 Å². The first-order chi connectivity index (χ1) is 5.25. The molecule has 0 aromatic carbocycles. The van der Waals surface area contributed by atoms with Crippen molar-refractivity contribution in [3.63, 3.8) is 0 Å². The molecule has 0 aliphatic rings. The van der Waals surface area contributed by atoms with Crippen molar-refractivity contribution in [1.82, 2.24) is 9.59 Å². The highest BCUT2D eigenvalue weighted by molar-refractivity contribution is 7.10. The molecule has 4 nitrogen and oxygen atoms in total. The molecule has 0 radical (unpaired) electrons. The lowest BCUT2D eigenvalue weighted by atomic mass is 10.2. The molecule has 1 unspecified atom stereocenters. The zero-order valence-electron chi connectivity index (χ0n) is 5.70. The molecule has 1 aromatic heterocycles. The summed E-state index contributed by atoms with van der Waals surface area (Å²) in [5.41, 5.74) is 5.67. The molecule has 1 heterocycles. The zero-order chi connectivity index (χ0) is 8.27. The van der Waals surface area contributed by atoms with Gasteiger partial charge in [0.25, 0.3) is 0 Å². The summed E-state index contributed by atoms with van der Waals surface area (Å²) in [6, 6.07) is 0. The minimum Gasteiger partial charge on any atom is -0.387 e. The topological polar surface area (TPSA) is 72.0 Å². The van der Waals surface area contributed by atoms with E-state index in [1.54, 1.807) is 0 Å². The first kappa shape index (κ1) is 8.86. The van der Waals surface area contributed by atoms with Crippen LogP contribution in [0.25, 0.3) is 0 Å². The van der Waals surface area contributed by atoms with Crippen LogP contribution in [0.4, 0.5) is 0 Å². The van der Waals surface area contributed by atoms with Gasteiger partial charge in [-0.2, -0.15) is 0 Å². The predicted molar refractivity (Wildman–Crippen MR) is 43.6 cm³/mol. The Bertz CT molecular complexity index is 229. The molecule has 0 aliphatic carbocycles. The predicted octanol–water partition coefficient (Wildman–Crippen LogP) is 0.574. The van der Waals surface area contributed by atoms with Crippen LogP contribution < -0.4 is 5.73 Å². The molecule has 0 bridgehead atoms. The first-order valence-electron chi connectivity index (χ1n) is 3.11. The Balaban J connectivity index is 2.67. The summed E-state index contributed by atoms with van der Waals surface area (Å²) >= 11 is 6.73. The molecular formula is C5H8ClN3OS. The summed E-state index contributed by atoms with van der Waals surface area (Å²) in [5.74, 6) is 0. The van der Waals surface area contributed by atoms with E-state index in [-0.39, 0.29) is 0 Å². The number of hydrogen-bond donors (Lipinski definition) is 2. The van der Waals surface area contributed by atoms with Gasteiger partial charge in [-0.25, -0.2) is 0 Å². The average Bonchev–Trinajstić information content (AvgIpc) is 2.36. The van der Waals surface area contributed by atoms with Gasteiger partial charge in [-0.05, 0) is 13.0 Å². The summed E-state index contributed by atoms with van der Waals surface area (Å²) in [7, 11) is 0. The van der Waals surface area contributed by atoms with Crippen LogP contribution in [0, 0.1) is 0 Å². The first-order valence-corrected chi connectivity index (χ1v) is 4.26. The molecule has 3 N–H and O–H groups in total. The highest BCUT2D eigenvalue weighted by Gasteiger charge is 2.14. The van der Waals surface area contributed by atoms with Crippen molar-refractivity contribution in [1.29, 1.82) is 0 Å². The molecule has 0 fully saturated rings. The summed E-state index contributed by atoms with van der Waals surface area (Å²) < 4.78 is 4.02. The van der Waals surface area contributed by atoms with Gasteiger partial charge in [0.15, 0.2) is 0 Å². The Morgan fingerprint density at radius 1 is 1.73 bits per heavy atom. The number of hydrogen-bond acceptors (Lipinski definition) is 5. The molecule has 62 valence electrons. The van der Waals surface area contributed by atoms with Crippen LogP contribution in [0.1, 0.15) is 18.2 Å². The Morgan fingerprint density at radius 2 is 2.45 bits per heavy atom. The third-order valence-electron chi connectivity index (χ3n) is 1.23. The fourth-order valence-electron chi connectivity index (χ4n) is 0.679. The van der Waals surface area contributed by atoms with Crippen LogP contribution in [0.15, 0.2) is 0 Å². The van der Waals surface area contributed by atoms with Crippen molar-refractivity contribution in [3.05, 3.63) is 10.0 Å². The maximum Gasteiger partial charge on any atom is 0.140 e. The molecule has 0 saturated heterocycles. The van der Waals surface area contributed by atoms with Gasteiger partial charge in [0.2, 0.25) is 0 Å². The minimum atomic E-state index is -0.675. The Hall–Kier alpha value is -0.230. The largest absolute Gasteiger partial charge is 0.387 e. The second-order valence-electron chi connectivity index (χ2n) is 2.03. The van der Waals surface area contributed by atoms with Gasteiger partial charge in [0.05, 0.1) is 0 Å². The third kappa shape index (κ3) is 2.10. The second-order valence-corrected chi connectivity index (χ2v) is 3.38. The van der Waals surface area contributed by atoms with E-state index in [0.717, 1.165) is 11.5 Å². The quantitative estimate of drug-likeness (QED) is 0.737. The number of aromatic nitrogens is 2. The number of nitrogens with two attached hydrogens (primary N) is 1. The normalized spacial score (nSPS) is 13.4. The Kier molecular flexibility index (Phi) is 3.19. The van der Waals surface area contributed by atoms with E-state index < -0.39 is 6.10 Å². The van der Waals surface area contributed by atoms with E-state index in [2.05, 4.69) is 9.59 Å². The lowest BCUT2D eigenvalue weighted by Crippen LogP contribution is -2.07. The number of halogens is 1. The van der Waals surface area contributed by atoms with Crippen LogP contribution in [-0.2, 0) is 0 Å². The molecule has 0 aliphatic heterocycles. The van der Waals surface area contributed by atoms with Crippen LogP contribution in [-0.4, -0.2) is 21.2 Å². The van der Waals surface area contributed by atoms with Gasteiger partial charge in [-0.1, -0.05) is 16.1 Å². The highest BCUT2D eigenvalue weighted by Crippen LogP contribution is 2.24. The van der Waals surface area contributed by atoms with Crippen LogP contribution >= 0.6 is 23.1 Å². The van der Waals surface area contributed by atoms with Crippen LogP contribution in [0.2, 0.25) is 4.34 Å². The van der Waals surface area contributed by atoms with Crippen molar-refractivity contribution in [2.45, 2.75) is 12.5 Å². The molecular weight excluding hydrogens is 186 g/mol. The number of aliphatic hydroxyl groups excluding tert-OH is 1. The van der Waals surface area contributed by atoms with E-state index in [0.29, 0.717) is 23.0 Å². The maximum atomic E-state index is 9.33. The summed E-state index contributed by atoms with van der Waals surface area (Å²) in [4.78, 5) is 0.